The molecule has 0 aliphatic carbocycles. The summed E-state index contributed by atoms with van der Waals surface area (Å²) in [5.41, 5.74) is 1.23. The minimum atomic E-state index is -0.599. The first-order valence-electron chi connectivity index (χ1n) is 7.89. The number of piperidine rings is 1. The summed E-state index contributed by atoms with van der Waals surface area (Å²) < 4.78 is 10.8. The van der Waals surface area contributed by atoms with Gasteiger partial charge in [0.15, 0.2) is 5.78 Å². The number of hydrogen-bond acceptors (Lipinski definition) is 5. The van der Waals surface area contributed by atoms with Crippen LogP contribution in [-0.2, 0) is 20.7 Å². The van der Waals surface area contributed by atoms with E-state index in [4.69, 9.17) is 9.26 Å². The highest BCUT2D eigenvalue weighted by Gasteiger charge is 2.46. The van der Waals surface area contributed by atoms with E-state index in [1.54, 1.807) is 4.90 Å². The molecule has 1 unspecified atom stereocenters. The van der Waals surface area contributed by atoms with Gasteiger partial charge in [-0.05, 0) is 33.1 Å². The highest BCUT2D eigenvalue weighted by molar-refractivity contribution is 5.93. The van der Waals surface area contributed by atoms with Gasteiger partial charge >= 0.3 is 0 Å². The summed E-state index contributed by atoms with van der Waals surface area (Å²) in [5.74, 6) is 0.835. The first-order valence-corrected chi connectivity index (χ1v) is 7.89. The number of aromatic nitrogens is 1. The number of ether oxygens (including phenoxy) is 1. The van der Waals surface area contributed by atoms with E-state index in [1.807, 2.05) is 13.8 Å². The van der Waals surface area contributed by atoms with Gasteiger partial charge in [0.25, 0.3) is 0 Å². The van der Waals surface area contributed by atoms with E-state index < -0.39 is 5.60 Å². The van der Waals surface area contributed by atoms with Crippen LogP contribution in [0.5, 0.6) is 0 Å². The summed E-state index contributed by atoms with van der Waals surface area (Å²) in [5, 5.41) is 3.90. The molecule has 2 aliphatic heterocycles. The van der Waals surface area contributed by atoms with Gasteiger partial charge in [-0.2, -0.15) is 0 Å². The lowest BCUT2D eigenvalue weighted by atomic mass is 9.87. The number of carbonyl (C=O) groups excluding carboxylic acids is 2. The minimum Gasteiger partial charge on any atom is -0.367 e. The van der Waals surface area contributed by atoms with E-state index in [9.17, 15) is 9.59 Å². The molecule has 1 atom stereocenters. The maximum atomic E-state index is 12.3. The van der Waals surface area contributed by atoms with Gasteiger partial charge in [0, 0.05) is 31.6 Å². The van der Waals surface area contributed by atoms with Crippen molar-refractivity contribution in [3.05, 3.63) is 17.0 Å². The molecule has 0 radical (unpaired) electrons. The van der Waals surface area contributed by atoms with Crippen LogP contribution in [0.2, 0.25) is 0 Å². The summed E-state index contributed by atoms with van der Waals surface area (Å²) >= 11 is 0. The predicted molar refractivity (Wildman–Crippen MR) is 78.4 cm³/mol. The van der Waals surface area contributed by atoms with Gasteiger partial charge in [0.05, 0.1) is 12.2 Å². The number of aryl methyl sites for hydroxylation is 2. The van der Waals surface area contributed by atoms with E-state index in [-0.39, 0.29) is 18.2 Å². The average molecular weight is 306 g/mol. The number of nitrogens with zero attached hydrogens (tertiary/aromatic N) is 2. The molecular weight excluding hydrogens is 284 g/mol. The second-order valence-corrected chi connectivity index (χ2v) is 6.24. The zero-order valence-corrected chi connectivity index (χ0v) is 13.2. The zero-order valence-electron chi connectivity index (χ0n) is 13.2. The number of hydrogen-bond donors (Lipinski definition) is 0. The first kappa shape index (κ1) is 15.2. The largest absolute Gasteiger partial charge is 0.367 e. The van der Waals surface area contributed by atoms with E-state index in [0.29, 0.717) is 32.4 Å². The van der Waals surface area contributed by atoms with Gasteiger partial charge in [-0.1, -0.05) is 5.16 Å². The highest BCUT2D eigenvalue weighted by atomic mass is 16.5. The van der Waals surface area contributed by atoms with Crippen molar-refractivity contribution in [2.45, 2.75) is 51.6 Å². The lowest BCUT2D eigenvalue weighted by Gasteiger charge is -2.37. The first-order chi connectivity index (χ1) is 10.5. The maximum Gasteiger partial charge on any atom is 0.223 e. The fourth-order valence-electron chi connectivity index (χ4n) is 3.43. The summed E-state index contributed by atoms with van der Waals surface area (Å²) in [6, 6.07) is 0. The molecule has 0 saturated carbocycles. The van der Waals surface area contributed by atoms with Crippen molar-refractivity contribution in [1.29, 1.82) is 0 Å². The molecule has 3 heterocycles. The Morgan fingerprint density at radius 1 is 1.36 bits per heavy atom. The third-order valence-electron chi connectivity index (χ3n) is 4.85. The van der Waals surface area contributed by atoms with Crippen LogP contribution >= 0.6 is 0 Å². The van der Waals surface area contributed by atoms with E-state index in [0.717, 1.165) is 29.9 Å². The lowest BCUT2D eigenvalue weighted by molar-refractivity contribution is -0.152. The normalized spacial score (nSPS) is 25.2. The minimum absolute atomic E-state index is 0.0150. The molecule has 2 saturated heterocycles. The second kappa shape index (κ2) is 5.83. The molecule has 1 amide bonds. The molecule has 1 spiro atoms. The fraction of sp³-hybridized carbons (Fsp3) is 0.688. The molecule has 2 fully saturated rings. The number of amides is 1. The van der Waals surface area contributed by atoms with Crippen LogP contribution in [0.1, 0.15) is 42.7 Å². The third-order valence-corrected chi connectivity index (χ3v) is 4.85. The van der Waals surface area contributed by atoms with Crippen molar-refractivity contribution in [3.8, 4) is 0 Å². The Kier molecular flexibility index (Phi) is 4.04. The summed E-state index contributed by atoms with van der Waals surface area (Å²) in [6.07, 6.45) is 3.35. The van der Waals surface area contributed by atoms with Gasteiger partial charge in [-0.15, -0.1) is 0 Å². The quantitative estimate of drug-likeness (QED) is 0.847. The Bertz CT molecular complexity index is 567. The number of rotatable bonds is 3. The fourth-order valence-corrected chi connectivity index (χ4v) is 3.43. The highest BCUT2D eigenvalue weighted by Crippen LogP contribution is 2.33. The summed E-state index contributed by atoms with van der Waals surface area (Å²) in [6.45, 7) is 5.17. The van der Waals surface area contributed by atoms with E-state index in [1.165, 1.54) is 0 Å². The molecule has 3 rings (SSSR count). The van der Waals surface area contributed by atoms with Gasteiger partial charge in [-0.3, -0.25) is 9.59 Å². The molecule has 0 N–H and O–H groups in total. The Morgan fingerprint density at radius 2 is 2.18 bits per heavy atom. The summed E-state index contributed by atoms with van der Waals surface area (Å²) in [4.78, 5) is 26.3. The molecule has 22 heavy (non-hydrogen) atoms. The van der Waals surface area contributed by atoms with Crippen molar-refractivity contribution in [2.24, 2.45) is 0 Å². The molecular formula is C16H22N2O4. The molecule has 6 heteroatoms. The number of likely N-dealkylation sites (tertiary alicyclic amines) is 1. The van der Waals surface area contributed by atoms with Crippen molar-refractivity contribution in [1.82, 2.24) is 10.1 Å². The van der Waals surface area contributed by atoms with Crippen LogP contribution in [0.25, 0.3) is 0 Å². The second-order valence-electron chi connectivity index (χ2n) is 6.24. The number of Topliss-reactive ketones (excluding diaryl/α,β-unsaturated/α-hetero) is 1. The predicted octanol–water partition coefficient (Wildman–Crippen LogP) is 1.57. The van der Waals surface area contributed by atoms with Crippen molar-refractivity contribution in [2.75, 3.05) is 19.7 Å². The van der Waals surface area contributed by atoms with Crippen molar-refractivity contribution >= 4 is 11.7 Å². The molecule has 2 aliphatic rings. The Balaban J connectivity index is 1.57. The van der Waals surface area contributed by atoms with Gasteiger partial charge < -0.3 is 14.2 Å². The molecule has 0 aromatic carbocycles. The zero-order chi connectivity index (χ0) is 15.7. The number of ketones is 1. The van der Waals surface area contributed by atoms with Crippen molar-refractivity contribution in [3.63, 3.8) is 0 Å². The average Bonchev–Trinajstić information content (AvgIpc) is 3.09. The van der Waals surface area contributed by atoms with Gasteiger partial charge in [0.2, 0.25) is 5.91 Å². The Morgan fingerprint density at radius 3 is 2.77 bits per heavy atom. The van der Waals surface area contributed by atoms with E-state index in [2.05, 4.69) is 5.16 Å². The standard InChI is InChI=1S/C16H22N2O4/c1-11-13(12(2)22-17-11)4-5-15(20)18-8-7-16(14(19)10-18)6-3-9-21-16/h3-10H2,1-2H3. The van der Waals surface area contributed by atoms with Gasteiger partial charge in [-0.25, -0.2) is 0 Å². The summed E-state index contributed by atoms with van der Waals surface area (Å²) in [7, 11) is 0. The molecule has 120 valence electrons. The van der Waals surface area contributed by atoms with E-state index >= 15 is 0 Å². The molecule has 6 nitrogen and oxygen atoms in total. The van der Waals surface area contributed by atoms with Crippen LogP contribution in [0.3, 0.4) is 0 Å². The van der Waals surface area contributed by atoms with Crippen LogP contribution in [0.4, 0.5) is 0 Å². The smallest absolute Gasteiger partial charge is 0.223 e. The van der Waals surface area contributed by atoms with Crippen LogP contribution in [0, 0.1) is 13.8 Å². The van der Waals surface area contributed by atoms with Crippen LogP contribution in [0.15, 0.2) is 4.52 Å². The topological polar surface area (TPSA) is 72.6 Å². The van der Waals surface area contributed by atoms with Crippen LogP contribution in [-0.4, -0.2) is 47.0 Å². The van der Waals surface area contributed by atoms with Crippen LogP contribution < -0.4 is 0 Å². The molecule has 0 bridgehead atoms. The monoisotopic (exact) mass is 306 g/mol. The SMILES string of the molecule is Cc1noc(C)c1CCC(=O)N1CCC2(CCCO2)C(=O)C1. The lowest BCUT2D eigenvalue weighted by Crippen LogP contribution is -2.53. The Hall–Kier alpha value is -1.69. The molecule has 1 aromatic rings. The van der Waals surface area contributed by atoms with Gasteiger partial charge in [0.1, 0.15) is 11.4 Å². The third kappa shape index (κ3) is 2.67. The van der Waals surface area contributed by atoms with Crippen molar-refractivity contribution < 1.29 is 18.8 Å². The Labute approximate surface area is 129 Å². The maximum absolute atomic E-state index is 12.3. The molecule has 1 aromatic heterocycles. The number of carbonyl (C=O) groups is 2.